The van der Waals surface area contributed by atoms with Crippen LogP contribution in [0.2, 0.25) is 0 Å². The molecule has 0 atom stereocenters. The van der Waals surface area contributed by atoms with Crippen LogP contribution >= 0.6 is 11.8 Å². The van der Waals surface area contributed by atoms with Crippen molar-refractivity contribution < 1.29 is 14.3 Å². The summed E-state index contributed by atoms with van der Waals surface area (Å²) in [4.78, 5) is 30.8. The number of esters is 1. The number of ether oxygens (including phenoxy) is 1. The summed E-state index contributed by atoms with van der Waals surface area (Å²) in [5, 5.41) is 9.62. The van der Waals surface area contributed by atoms with Gasteiger partial charge in [0.15, 0.2) is 16.8 Å². The van der Waals surface area contributed by atoms with Gasteiger partial charge in [-0.3, -0.25) is 14.3 Å². The predicted octanol–water partition coefficient (Wildman–Crippen LogP) is 4.35. The maximum absolute atomic E-state index is 13.2. The highest BCUT2D eigenvalue weighted by Crippen LogP contribution is 2.26. The van der Waals surface area contributed by atoms with Crippen molar-refractivity contribution in [2.75, 3.05) is 25.4 Å². The molecule has 9 heteroatoms. The number of likely N-dealkylation sites (tertiary alicyclic amines) is 1. The number of Topliss-reactive ketones (excluding diaryl/α,β-unsaturated/α-hetero) is 1. The predicted molar refractivity (Wildman–Crippen MR) is 132 cm³/mol. The molecule has 0 spiro atoms. The Kier molecular flexibility index (Phi) is 7.84. The van der Waals surface area contributed by atoms with Crippen LogP contribution in [0, 0.1) is 13.8 Å². The lowest BCUT2D eigenvalue weighted by molar-refractivity contribution is 0.0519. The summed E-state index contributed by atoms with van der Waals surface area (Å²) >= 11 is 1.36. The molecule has 0 radical (unpaired) electrons. The first-order valence-electron chi connectivity index (χ1n) is 11.7. The number of carbonyl (C=O) groups excluding carboxylic acids is 2. The summed E-state index contributed by atoms with van der Waals surface area (Å²) in [7, 11) is 0. The molecule has 1 N–H and O–H groups in total. The van der Waals surface area contributed by atoms with Gasteiger partial charge in [-0.25, -0.2) is 4.79 Å². The number of H-pyrrole nitrogens is 1. The number of benzene rings is 1. The molecule has 1 aromatic carbocycles. The molecule has 1 aliphatic rings. The van der Waals surface area contributed by atoms with Crippen LogP contribution in [0.3, 0.4) is 0 Å². The Morgan fingerprint density at radius 2 is 1.82 bits per heavy atom. The number of aromatic nitrogens is 4. The molecule has 0 bridgehead atoms. The number of thioether (sulfide) groups is 1. The standard InChI is InChI=1S/C25H31N5O3S/c1-4-33-24(32)23-17(2)22(18(3)26-23)20(31)16-34-25-28-27-21(15-29-13-9-6-10-14-29)30(25)19-11-7-5-8-12-19/h5,7-8,11-12,26H,4,6,9-10,13-16H2,1-3H3. The molecule has 180 valence electrons. The van der Waals surface area contributed by atoms with Gasteiger partial charge in [0.25, 0.3) is 0 Å². The lowest BCUT2D eigenvalue weighted by atomic mass is 10.1. The normalized spacial score (nSPS) is 14.3. The summed E-state index contributed by atoms with van der Waals surface area (Å²) < 4.78 is 7.15. The third kappa shape index (κ3) is 5.26. The molecule has 1 saturated heterocycles. The lowest BCUT2D eigenvalue weighted by Crippen LogP contribution is -2.30. The van der Waals surface area contributed by atoms with Gasteiger partial charge in [-0.1, -0.05) is 36.4 Å². The number of carbonyl (C=O) groups is 2. The molecule has 34 heavy (non-hydrogen) atoms. The van der Waals surface area contributed by atoms with Crippen molar-refractivity contribution in [2.24, 2.45) is 0 Å². The number of aryl methyl sites for hydroxylation is 1. The summed E-state index contributed by atoms with van der Waals surface area (Å²) in [5.41, 5.74) is 3.14. The highest BCUT2D eigenvalue weighted by atomic mass is 32.2. The number of nitrogens with one attached hydrogen (secondary N) is 1. The molecule has 2 aromatic heterocycles. The van der Waals surface area contributed by atoms with Gasteiger partial charge < -0.3 is 9.72 Å². The van der Waals surface area contributed by atoms with Crippen molar-refractivity contribution in [3.05, 3.63) is 58.7 Å². The molecule has 0 unspecified atom stereocenters. The molecular formula is C25H31N5O3S. The van der Waals surface area contributed by atoms with Crippen molar-refractivity contribution in [1.29, 1.82) is 0 Å². The van der Waals surface area contributed by atoms with Crippen molar-refractivity contribution in [3.63, 3.8) is 0 Å². The van der Waals surface area contributed by atoms with Crippen LogP contribution in [0.1, 0.15) is 64.1 Å². The Morgan fingerprint density at radius 1 is 1.09 bits per heavy atom. The van der Waals surface area contributed by atoms with Crippen molar-refractivity contribution in [2.45, 2.75) is 51.7 Å². The lowest BCUT2D eigenvalue weighted by Gasteiger charge is -2.26. The van der Waals surface area contributed by atoms with Gasteiger partial charge in [-0.2, -0.15) is 0 Å². The monoisotopic (exact) mass is 481 g/mol. The molecule has 3 aromatic rings. The van der Waals surface area contributed by atoms with Gasteiger partial charge >= 0.3 is 5.97 Å². The first-order valence-corrected chi connectivity index (χ1v) is 12.7. The van der Waals surface area contributed by atoms with E-state index in [2.05, 4.69) is 20.1 Å². The zero-order chi connectivity index (χ0) is 24.1. The van der Waals surface area contributed by atoms with Crippen molar-refractivity contribution in [1.82, 2.24) is 24.6 Å². The molecular weight excluding hydrogens is 450 g/mol. The summed E-state index contributed by atoms with van der Waals surface area (Å²) in [6, 6.07) is 10.0. The maximum Gasteiger partial charge on any atom is 0.355 e. The fraction of sp³-hybridized carbons (Fsp3) is 0.440. The van der Waals surface area contributed by atoms with Crippen LogP contribution in [0.15, 0.2) is 35.5 Å². The van der Waals surface area contributed by atoms with Crippen molar-refractivity contribution >= 4 is 23.5 Å². The Balaban J connectivity index is 1.55. The highest BCUT2D eigenvalue weighted by molar-refractivity contribution is 7.99. The van der Waals surface area contributed by atoms with Gasteiger partial charge in [0, 0.05) is 16.9 Å². The van der Waals surface area contributed by atoms with E-state index >= 15 is 0 Å². The number of nitrogens with zero attached hydrogens (tertiary/aromatic N) is 4. The Bertz CT molecular complexity index is 1150. The molecule has 1 aliphatic heterocycles. The Hall–Kier alpha value is -2.91. The number of hydrogen-bond acceptors (Lipinski definition) is 7. The average molecular weight is 482 g/mol. The Labute approximate surface area is 204 Å². The fourth-order valence-electron chi connectivity index (χ4n) is 4.43. The quantitative estimate of drug-likeness (QED) is 0.276. The zero-order valence-corrected chi connectivity index (χ0v) is 20.8. The number of piperidine rings is 1. The van der Waals surface area contributed by atoms with Crippen LogP contribution < -0.4 is 0 Å². The number of aromatic amines is 1. The number of hydrogen-bond donors (Lipinski definition) is 1. The van der Waals surface area contributed by atoms with Crippen LogP contribution in [0.25, 0.3) is 5.69 Å². The van der Waals surface area contributed by atoms with Gasteiger partial charge in [-0.15, -0.1) is 10.2 Å². The zero-order valence-electron chi connectivity index (χ0n) is 20.0. The number of para-hydroxylation sites is 1. The summed E-state index contributed by atoms with van der Waals surface area (Å²) in [6.07, 6.45) is 3.69. The topological polar surface area (TPSA) is 93.1 Å². The first kappa shape index (κ1) is 24.2. The summed E-state index contributed by atoms with van der Waals surface area (Å²) in [5.74, 6) is 0.561. The van der Waals surface area contributed by atoms with Crippen LogP contribution in [-0.4, -0.2) is 61.9 Å². The molecule has 0 saturated carbocycles. The fourth-order valence-corrected chi connectivity index (χ4v) is 5.27. The largest absolute Gasteiger partial charge is 0.461 e. The third-order valence-electron chi connectivity index (χ3n) is 6.06. The van der Waals surface area contributed by atoms with Crippen LogP contribution in [0.4, 0.5) is 0 Å². The Morgan fingerprint density at radius 3 is 2.53 bits per heavy atom. The van der Waals surface area contributed by atoms with Crippen LogP contribution in [-0.2, 0) is 11.3 Å². The molecule has 4 rings (SSSR count). The van der Waals surface area contributed by atoms with Gasteiger partial charge in [0.05, 0.1) is 18.9 Å². The van der Waals surface area contributed by atoms with Gasteiger partial charge in [0.2, 0.25) is 0 Å². The number of ketones is 1. The highest BCUT2D eigenvalue weighted by Gasteiger charge is 2.24. The second-order valence-electron chi connectivity index (χ2n) is 8.46. The maximum atomic E-state index is 13.2. The van der Waals surface area contributed by atoms with Crippen LogP contribution in [0.5, 0.6) is 0 Å². The minimum atomic E-state index is -0.444. The minimum Gasteiger partial charge on any atom is -0.461 e. The van der Waals surface area contributed by atoms with E-state index in [1.807, 2.05) is 34.9 Å². The van der Waals surface area contributed by atoms with E-state index in [1.165, 1.54) is 31.0 Å². The first-order chi connectivity index (χ1) is 16.5. The average Bonchev–Trinajstić information content (AvgIpc) is 3.38. The van der Waals surface area contributed by atoms with E-state index in [9.17, 15) is 9.59 Å². The van der Waals surface area contributed by atoms with E-state index in [1.54, 1.807) is 20.8 Å². The number of rotatable bonds is 9. The molecule has 0 aliphatic carbocycles. The summed E-state index contributed by atoms with van der Waals surface area (Å²) in [6.45, 7) is 8.48. The van der Waals surface area contributed by atoms with E-state index < -0.39 is 5.97 Å². The SMILES string of the molecule is CCOC(=O)c1[nH]c(C)c(C(=O)CSc2nnc(CN3CCCCC3)n2-c2ccccc2)c1C. The molecule has 0 amide bonds. The van der Waals surface area contributed by atoms with E-state index in [-0.39, 0.29) is 18.1 Å². The van der Waals surface area contributed by atoms with E-state index in [0.717, 1.165) is 31.1 Å². The van der Waals surface area contributed by atoms with Gasteiger partial charge in [0.1, 0.15) is 5.69 Å². The third-order valence-corrected chi connectivity index (χ3v) is 6.99. The van der Waals surface area contributed by atoms with Crippen molar-refractivity contribution in [3.8, 4) is 5.69 Å². The second kappa shape index (κ2) is 11.0. The van der Waals surface area contributed by atoms with E-state index in [4.69, 9.17) is 4.74 Å². The van der Waals surface area contributed by atoms with E-state index in [0.29, 0.717) is 27.7 Å². The molecule has 1 fully saturated rings. The smallest absolute Gasteiger partial charge is 0.355 e. The molecule has 3 heterocycles. The second-order valence-corrected chi connectivity index (χ2v) is 9.41. The van der Waals surface area contributed by atoms with Gasteiger partial charge in [-0.05, 0) is 64.4 Å². The minimum absolute atomic E-state index is 0.0630. The molecule has 8 nitrogen and oxygen atoms in total.